The molecule has 2 heterocycles. The van der Waals surface area contributed by atoms with E-state index in [0.29, 0.717) is 17.0 Å². The van der Waals surface area contributed by atoms with Gasteiger partial charge in [0.15, 0.2) is 12.4 Å². The fraction of sp³-hybridized carbons (Fsp3) is 0.200. The van der Waals surface area contributed by atoms with Gasteiger partial charge >= 0.3 is 6.03 Å². The second-order valence-corrected chi connectivity index (χ2v) is 6.56. The number of imide groups is 1. The van der Waals surface area contributed by atoms with E-state index in [2.05, 4.69) is 5.32 Å². The molecular weight excluding hydrogens is 362 g/mol. The minimum atomic E-state index is -0.804. The first-order valence-corrected chi connectivity index (χ1v) is 8.69. The zero-order valence-corrected chi connectivity index (χ0v) is 15.0. The molecule has 0 aliphatic carbocycles. The van der Waals surface area contributed by atoms with Crippen molar-refractivity contribution in [2.24, 2.45) is 0 Å². The molecule has 0 bridgehead atoms. The molecule has 142 valence electrons. The summed E-state index contributed by atoms with van der Waals surface area (Å²) in [6.45, 7) is -0.439. The Hall–Kier alpha value is -3.68. The molecule has 8 heteroatoms. The number of ether oxygens (including phenoxy) is 1. The number of Topliss-reactive ketones (excluding diaryl/α,β-unsaturated/α-hetero) is 1. The van der Waals surface area contributed by atoms with Crippen LogP contribution in [-0.4, -0.2) is 48.7 Å². The van der Waals surface area contributed by atoms with Gasteiger partial charge in [0, 0.05) is 12.6 Å². The summed E-state index contributed by atoms with van der Waals surface area (Å²) in [4.78, 5) is 51.7. The average molecular weight is 379 g/mol. The third kappa shape index (κ3) is 2.98. The van der Waals surface area contributed by atoms with Crippen LogP contribution in [0.5, 0.6) is 5.75 Å². The highest BCUT2D eigenvalue weighted by atomic mass is 16.5. The van der Waals surface area contributed by atoms with Crippen molar-refractivity contribution in [2.75, 3.05) is 25.1 Å². The lowest BCUT2D eigenvalue weighted by atomic mass is 10.1. The minimum Gasteiger partial charge on any atom is -0.482 e. The number of likely N-dealkylation sites (N-methyl/N-ethyl adjacent to an activating group) is 1. The normalized spacial score (nSPS) is 18.6. The number of ketones is 1. The number of amides is 4. The predicted octanol–water partition coefficient (Wildman–Crippen LogP) is 1.52. The molecule has 1 unspecified atom stereocenters. The van der Waals surface area contributed by atoms with Gasteiger partial charge in [-0.3, -0.25) is 19.3 Å². The number of nitrogens with zero attached hydrogens (tertiary/aromatic N) is 2. The number of carbonyl (C=O) groups excluding carboxylic acids is 4. The second kappa shape index (κ2) is 6.80. The maximum Gasteiger partial charge on any atom is 0.325 e. The number of anilines is 1. The van der Waals surface area contributed by atoms with Crippen LogP contribution >= 0.6 is 0 Å². The van der Waals surface area contributed by atoms with Gasteiger partial charge in [-0.25, -0.2) is 4.79 Å². The number of hydrogen-bond donors (Lipinski definition) is 1. The van der Waals surface area contributed by atoms with Crippen LogP contribution in [0.4, 0.5) is 10.5 Å². The summed E-state index contributed by atoms with van der Waals surface area (Å²) < 4.78 is 5.34. The second-order valence-electron chi connectivity index (χ2n) is 6.56. The van der Waals surface area contributed by atoms with Crippen molar-refractivity contribution in [1.29, 1.82) is 0 Å². The molecule has 0 aromatic heterocycles. The van der Waals surface area contributed by atoms with Crippen molar-refractivity contribution in [3.05, 3.63) is 59.7 Å². The Labute approximate surface area is 160 Å². The summed E-state index contributed by atoms with van der Waals surface area (Å²) in [6.07, 6.45) is 0. The Balaban J connectivity index is 1.53. The molecule has 0 radical (unpaired) electrons. The van der Waals surface area contributed by atoms with E-state index in [4.69, 9.17) is 4.74 Å². The van der Waals surface area contributed by atoms with Crippen LogP contribution in [0.2, 0.25) is 0 Å². The van der Waals surface area contributed by atoms with Gasteiger partial charge in [0.1, 0.15) is 11.8 Å². The Morgan fingerprint density at radius 3 is 2.64 bits per heavy atom. The molecule has 1 fully saturated rings. The van der Waals surface area contributed by atoms with Crippen LogP contribution in [0, 0.1) is 0 Å². The number of benzene rings is 2. The fourth-order valence-corrected chi connectivity index (χ4v) is 3.22. The fourth-order valence-electron chi connectivity index (χ4n) is 3.22. The maximum absolute atomic E-state index is 12.7. The number of rotatable bonds is 4. The van der Waals surface area contributed by atoms with E-state index in [1.54, 1.807) is 43.4 Å². The number of urea groups is 1. The summed E-state index contributed by atoms with van der Waals surface area (Å²) in [7, 11) is 1.60. The summed E-state index contributed by atoms with van der Waals surface area (Å²) in [5.74, 6) is -0.612. The van der Waals surface area contributed by atoms with Crippen LogP contribution in [0.25, 0.3) is 0 Å². The van der Waals surface area contributed by atoms with Crippen molar-refractivity contribution in [1.82, 2.24) is 10.2 Å². The van der Waals surface area contributed by atoms with Gasteiger partial charge in [0.25, 0.3) is 11.8 Å². The highest BCUT2D eigenvalue weighted by Gasteiger charge is 2.40. The summed E-state index contributed by atoms with van der Waals surface area (Å²) >= 11 is 0. The van der Waals surface area contributed by atoms with E-state index < -0.39 is 23.8 Å². The van der Waals surface area contributed by atoms with Crippen LogP contribution in [0.3, 0.4) is 0 Å². The van der Waals surface area contributed by atoms with E-state index in [1.807, 2.05) is 6.07 Å². The lowest BCUT2D eigenvalue weighted by Gasteiger charge is -2.26. The molecule has 2 aromatic rings. The molecule has 4 rings (SSSR count). The summed E-state index contributed by atoms with van der Waals surface area (Å²) in [6, 6.07) is 12.1. The van der Waals surface area contributed by atoms with Crippen molar-refractivity contribution in [3.63, 3.8) is 0 Å². The molecule has 8 nitrogen and oxygen atoms in total. The number of nitrogens with one attached hydrogen (secondary N) is 1. The average Bonchev–Trinajstić information content (AvgIpc) is 2.99. The third-order valence-corrected chi connectivity index (χ3v) is 4.83. The van der Waals surface area contributed by atoms with E-state index in [0.717, 1.165) is 4.90 Å². The molecule has 28 heavy (non-hydrogen) atoms. The van der Waals surface area contributed by atoms with Gasteiger partial charge in [0.05, 0.1) is 12.2 Å². The Morgan fingerprint density at radius 2 is 1.89 bits per heavy atom. The maximum atomic E-state index is 12.7. The first-order chi connectivity index (χ1) is 13.5. The van der Waals surface area contributed by atoms with Gasteiger partial charge in [0.2, 0.25) is 0 Å². The van der Waals surface area contributed by atoms with Gasteiger partial charge in [-0.05, 0) is 23.8 Å². The zero-order valence-electron chi connectivity index (χ0n) is 15.0. The monoisotopic (exact) mass is 379 g/mol. The molecular formula is C20H17N3O5. The van der Waals surface area contributed by atoms with Crippen LogP contribution in [-0.2, 0) is 9.59 Å². The van der Waals surface area contributed by atoms with Crippen LogP contribution in [0.15, 0.2) is 48.5 Å². The Kier molecular flexibility index (Phi) is 4.31. The van der Waals surface area contributed by atoms with Gasteiger partial charge in [-0.2, -0.15) is 0 Å². The van der Waals surface area contributed by atoms with Crippen molar-refractivity contribution in [3.8, 4) is 5.75 Å². The molecule has 0 saturated carbocycles. The van der Waals surface area contributed by atoms with Gasteiger partial charge in [-0.15, -0.1) is 0 Å². The molecule has 4 amide bonds. The quantitative estimate of drug-likeness (QED) is 0.642. The van der Waals surface area contributed by atoms with E-state index in [9.17, 15) is 19.2 Å². The topological polar surface area (TPSA) is 96.0 Å². The van der Waals surface area contributed by atoms with E-state index in [-0.39, 0.29) is 24.6 Å². The Morgan fingerprint density at radius 1 is 1.14 bits per heavy atom. The minimum absolute atomic E-state index is 0.0554. The highest BCUT2D eigenvalue weighted by Crippen LogP contribution is 2.32. The molecule has 2 aromatic carbocycles. The number of hydrogen-bond acceptors (Lipinski definition) is 5. The number of carbonyl (C=O) groups is 4. The highest BCUT2D eigenvalue weighted by molar-refractivity contribution is 6.10. The largest absolute Gasteiger partial charge is 0.482 e. The van der Waals surface area contributed by atoms with Gasteiger partial charge < -0.3 is 15.0 Å². The third-order valence-electron chi connectivity index (χ3n) is 4.83. The van der Waals surface area contributed by atoms with E-state index in [1.165, 1.54) is 11.0 Å². The van der Waals surface area contributed by atoms with Crippen molar-refractivity contribution in [2.45, 2.75) is 6.04 Å². The van der Waals surface area contributed by atoms with Crippen LogP contribution < -0.4 is 15.0 Å². The smallest absolute Gasteiger partial charge is 0.325 e. The van der Waals surface area contributed by atoms with E-state index >= 15 is 0 Å². The first-order valence-electron chi connectivity index (χ1n) is 8.69. The predicted molar refractivity (Wildman–Crippen MR) is 99.1 cm³/mol. The molecule has 2 aliphatic rings. The zero-order chi connectivity index (χ0) is 19.8. The molecule has 1 N–H and O–H groups in total. The van der Waals surface area contributed by atoms with Gasteiger partial charge in [-0.1, -0.05) is 30.3 Å². The summed E-state index contributed by atoms with van der Waals surface area (Å²) in [5.41, 5.74) is 1.41. The Bertz CT molecular complexity index is 989. The standard InChI is InChI=1S/C20H17N3O5/c1-22-14-9-13(7-8-16(14)28-11-17(22)25)15(24)10-23-19(26)18(21-20(23)27)12-5-3-2-4-6-12/h2-9,18H,10-11H2,1H3,(H,21,27). The summed E-state index contributed by atoms with van der Waals surface area (Å²) in [5, 5.41) is 2.60. The van der Waals surface area contributed by atoms with Crippen molar-refractivity contribution >= 4 is 29.3 Å². The molecule has 2 aliphatic heterocycles. The SMILES string of the molecule is CN1C(=O)COc2ccc(C(=O)CN3C(=O)NC(c4ccccc4)C3=O)cc21. The molecule has 1 atom stereocenters. The lowest BCUT2D eigenvalue weighted by Crippen LogP contribution is -2.37. The molecule has 0 spiro atoms. The first kappa shape index (κ1) is 17.7. The van der Waals surface area contributed by atoms with Crippen LogP contribution in [0.1, 0.15) is 22.0 Å². The molecule has 1 saturated heterocycles. The number of fused-ring (bicyclic) bond motifs is 1. The van der Waals surface area contributed by atoms with Crippen molar-refractivity contribution < 1.29 is 23.9 Å². The lowest BCUT2D eigenvalue weighted by molar-refractivity contribution is -0.127.